The van der Waals surface area contributed by atoms with Crippen LogP contribution in [0.5, 0.6) is 0 Å². The molecule has 2 heteroatoms. The number of aryl methyl sites for hydroxylation is 1. The van der Waals surface area contributed by atoms with Crippen LogP contribution in [-0.2, 0) is 0 Å². The molecule has 0 saturated carbocycles. The predicted octanol–water partition coefficient (Wildman–Crippen LogP) is 4.14. The van der Waals surface area contributed by atoms with Crippen molar-refractivity contribution in [2.45, 2.75) is 39.7 Å². The molecule has 1 rings (SSSR count). The molecule has 0 spiro atoms. The maximum absolute atomic E-state index is 14.1. The lowest BCUT2D eigenvalue weighted by molar-refractivity contribution is 0.494. The van der Waals surface area contributed by atoms with Crippen LogP contribution in [0.25, 0.3) is 0 Å². The second-order valence-corrected chi connectivity index (χ2v) is 4.65. The summed E-state index contributed by atoms with van der Waals surface area (Å²) >= 11 is 0. The second kappa shape index (κ2) is 6.55. The molecule has 0 heterocycles. The summed E-state index contributed by atoms with van der Waals surface area (Å²) in [5.74, 6) is -0.0950. The fourth-order valence-corrected chi connectivity index (χ4v) is 1.90. The molecule has 1 N–H and O–H groups in total. The van der Waals surface area contributed by atoms with E-state index in [0.717, 1.165) is 30.5 Å². The first kappa shape index (κ1) is 13.9. The van der Waals surface area contributed by atoms with Crippen molar-refractivity contribution in [3.63, 3.8) is 0 Å². The minimum atomic E-state index is -0.0950. The number of hydrogen-bond donors (Lipinski definition) is 1. The maximum atomic E-state index is 14.1. The predicted molar refractivity (Wildman–Crippen MR) is 71.6 cm³/mol. The molecule has 0 bridgehead atoms. The molecule has 0 fully saturated rings. The first-order valence-electron chi connectivity index (χ1n) is 6.19. The minimum Gasteiger partial charge on any atom is -0.310 e. The van der Waals surface area contributed by atoms with Crippen LogP contribution in [-0.4, -0.2) is 6.54 Å². The van der Waals surface area contributed by atoms with E-state index in [1.165, 1.54) is 0 Å². The van der Waals surface area contributed by atoms with Gasteiger partial charge >= 0.3 is 0 Å². The van der Waals surface area contributed by atoms with Crippen LogP contribution in [0.15, 0.2) is 30.4 Å². The van der Waals surface area contributed by atoms with Gasteiger partial charge in [0.05, 0.1) is 0 Å². The highest BCUT2D eigenvalue weighted by molar-refractivity contribution is 5.28. The van der Waals surface area contributed by atoms with Crippen molar-refractivity contribution in [1.82, 2.24) is 5.32 Å². The van der Waals surface area contributed by atoms with Crippen molar-refractivity contribution in [2.75, 3.05) is 6.54 Å². The van der Waals surface area contributed by atoms with Gasteiger partial charge in [-0.25, -0.2) is 4.39 Å². The van der Waals surface area contributed by atoms with Crippen molar-refractivity contribution in [3.05, 3.63) is 47.3 Å². The lowest BCUT2D eigenvalue weighted by Crippen LogP contribution is -2.23. The van der Waals surface area contributed by atoms with E-state index in [1.54, 1.807) is 13.0 Å². The van der Waals surface area contributed by atoms with Crippen molar-refractivity contribution in [1.29, 1.82) is 0 Å². The van der Waals surface area contributed by atoms with Gasteiger partial charge in [0.15, 0.2) is 0 Å². The Labute approximate surface area is 104 Å². The summed E-state index contributed by atoms with van der Waals surface area (Å²) in [7, 11) is 0. The van der Waals surface area contributed by atoms with Gasteiger partial charge in [-0.1, -0.05) is 30.7 Å². The summed E-state index contributed by atoms with van der Waals surface area (Å²) in [6, 6.07) is 5.61. The van der Waals surface area contributed by atoms with E-state index < -0.39 is 0 Å². The fourth-order valence-electron chi connectivity index (χ4n) is 1.90. The summed E-state index contributed by atoms with van der Waals surface area (Å²) in [6.07, 6.45) is 1.82. The molecule has 0 aliphatic rings. The zero-order valence-corrected chi connectivity index (χ0v) is 11.0. The number of halogens is 1. The number of nitrogens with one attached hydrogen (secondary N) is 1. The molecule has 94 valence electrons. The fraction of sp³-hybridized carbons (Fsp3) is 0.467. The van der Waals surface area contributed by atoms with E-state index in [0.29, 0.717) is 5.56 Å². The summed E-state index contributed by atoms with van der Waals surface area (Å²) in [5, 5.41) is 3.38. The lowest BCUT2D eigenvalue weighted by atomic mass is 9.98. The van der Waals surface area contributed by atoms with Gasteiger partial charge in [-0.15, -0.1) is 6.58 Å². The third-order valence-corrected chi connectivity index (χ3v) is 2.79. The molecular weight excluding hydrogens is 213 g/mol. The molecule has 17 heavy (non-hydrogen) atoms. The summed E-state index contributed by atoms with van der Waals surface area (Å²) in [4.78, 5) is 0. The molecule has 0 saturated heterocycles. The van der Waals surface area contributed by atoms with E-state index in [-0.39, 0.29) is 11.9 Å². The van der Waals surface area contributed by atoms with Crippen LogP contribution < -0.4 is 5.32 Å². The second-order valence-electron chi connectivity index (χ2n) is 4.65. The Balaban J connectivity index is 2.94. The zero-order valence-electron chi connectivity index (χ0n) is 11.0. The Hall–Kier alpha value is -1.15. The molecule has 0 aromatic heterocycles. The largest absolute Gasteiger partial charge is 0.310 e. The van der Waals surface area contributed by atoms with E-state index >= 15 is 0 Å². The van der Waals surface area contributed by atoms with Gasteiger partial charge in [0.2, 0.25) is 0 Å². The van der Waals surface area contributed by atoms with Crippen LogP contribution in [0, 0.1) is 12.7 Å². The topological polar surface area (TPSA) is 12.0 Å². The van der Waals surface area contributed by atoms with Crippen LogP contribution in [0.3, 0.4) is 0 Å². The molecular formula is C15H22FN. The Bertz CT molecular complexity index is 385. The SMILES string of the molecule is C=C(C)CC(NCCC)c1cccc(C)c1F. The zero-order chi connectivity index (χ0) is 12.8. The van der Waals surface area contributed by atoms with Crippen molar-refractivity contribution in [2.24, 2.45) is 0 Å². The normalized spacial score (nSPS) is 12.5. The Morgan fingerprint density at radius 1 is 1.47 bits per heavy atom. The molecule has 1 unspecified atom stereocenters. The molecule has 0 aliphatic heterocycles. The van der Waals surface area contributed by atoms with Gasteiger partial charge in [0.1, 0.15) is 5.82 Å². The van der Waals surface area contributed by atoms with Crippen LogP contribution in [0.2, 0.25) is 0 Å². The van der Waals surface area contributed by atoms with Crippen molar-refractivity contribution >= 4 is 0 Å². The molecule has 1 atom stereocenters. The summed E-state index contributed by atoms with van der Waals surface area (Å²) in [6.45, 7) is 10.7. The average Bonchev–Trinajstić information content (AvgIpc) is 2.28. The van der Waals surface area contributed by atoms with E-state index in [2.05, 4.69) is 18.8 Å². The highest BCUT2D eigenvalue weighted by Crippen LogP contribution is 2.24. The van der Waals surface area contributed by atoms with Gasteiger partial charge < -0.3 is 5.32 Å². The van der Waals surface area contributed by atoms with E-state index in [9.17, 15) is 4.39 Å². The molecule has 1 aromatic carbocycles. The van der Waals surface area contributed by atoms with Gasteiger partial charge in [0.25, 0.3) is 0 Å². The van der Waals surface area contributed by atoms with Crippen molar-refractivity contribution in [3.8, 4) is 0 Å². The van der Waals surface area contributed by atoms with Crippen LogP contribution in [0.4, 0.5) is 4.39 Å². The molecule has 0 radical (unpaired) electrons. The molecule has 1 nitrogen and oxygen atoms in total. The van der Waals surface area contributed by atoms with E-state index in [1.807, 2.05) is 19.1 Å². The monoisotopic (exact) mass is 235 g/mol. The van der Waals surface area contributed by atoms with Crippen LogP contribution in [0.1, 0.15) is 43.9 Å². The Morgan fingerprint density at radius 3 is 2.76 bits per heavy atom. The number of hydrogen-bond acceptors (Lipinski definition) is 1. The van der Waals surface area contributed by atoms with Gasteiger partial charge in [0, 0.05) is 11.6 Å². The molecule has 0 aliphatic carbocycles. The Kier molecular flexibility index (Phi) is 5.36. The Morgan fingerprint density at radius 2 is 2.18 bits per heavy atom. The van der Waals surface area contributed by atoms with Crippen molar-refractivity contribution < 1.29 is 4.39 Å². The third-order valence-electron chi connectivity index (χ3n) is 2.79. The van der Waals surface area contributed by atoms with Gasteiger partial charge in [-0.05, 0) is 38.8 Å². The third kappa shape index (κ3) is 3.97. The van der Waals surface area contributed by atoms with E-state index in [4.69, 9.17) is 0 Å². The average molecular weight is 235 g/mol. The number of rotatable bonds is 6. The standard InChI is InChI=1S/C15H22FN/c1-5-9-17-14(10-11(2)3)13-8-6-7-12(4)15(13)16/h6-8,14,17H,2,5,9-10H2,1,3-4H3. The molecule has 1 aromatic rings. The minimum absolute atomic E-state index is 0.0346. The highest BCUT2D eigenvalue weighted by atomic mass is 19.1. The highest BCUT2D eigenvalue weighted by Gasteiger charge is 2.16. The smallest absolute Gasteiger partial charge is 0.130 e. The first-order valence-corrected chi connectivity index (χ1v) is 6.19. The van der Waals surface area contributed by atoms with Gasteiger partial charge in [-0.3, -0.25) is 0 Å². The number of benzene rings is 1. The summed E-state index contributed by atoms with van der Waals surface area (Å²) < 4.78 is 14.1. The first-order chi connectivity index (χ1) is 8.06. The van der Waals surface area contributed by atoms with Crippen LogP contribution >= 0.6 is 0 Å². The van der Waals surface area contributed by atoms with Gasteiger partial charge in [-0.2, -0.15) is 0 Å². The quantitative estimate of drug-likeness (QED) is 0.731. The summed E-state index contributed by atoms with van der Waals surface area (Å²) in [5.41, 5.74) is 2.52. The molecule has 0 amide bonds. The lowest BCUT2D eigenvalue weighted by Gasteiger charge is -2.20. The maximum Gasteiger partial charge on any atom is 0.130 e.